The lowest BCUT2D eigenvalue weighted by Crippen LogP contribution is -2.25. The van der Waals surface area contributed by atoms with Gasteiger partial charge in [0.15, 0.2) is 5.16 Å². The molecule has 0 bridgehead atoms. The van der Waals surface area contributed by atoms with Crippen LogP contribution in [0, 0.1) is 5.92 Å². The van der Waals surface area contributed by atoms with E-state index in [0.29, 0.717) is 23.3 Å². The molecule has 0 aromatic carbocycles. The second-order valence-electron chi connectivity index (χ2n) is 3.96. The predicted molar refractivity (Wildman–Crippen MR) is 71.0 cm³/mol. The Bertz CT molecular complexity index is 338. The molecule has 0 amide bonds. The maximum atomic E-state index is 9.69. The van der Waals surface area contributed by atoms with Crippen molar-refractivity contribution in [3.8, 4) is 0 Å². The van der Waals surface area contributed by atoms with Crippen LogP contribution >= 0.6 is 11.8 Å². The van der Waals surface area contributed by atoms with Crippen molar-refractivity contribution in [3.63, 3.8) is 0 Å². The van der Waals surface area contributed by atoms with Crippen LogP contribution < -0.4 is 16.6 Å². The third-order valence-corrected chi connectivity index (χ3v) is 2.85. The van der Waals surface area contributed by atoms with Gasteiger partial charge in [-0.05, 0) is 12.2 Å². The van der Waals surface area contributed by atoms with Crippen molar-refractivity contribution in [2.24, 2.45) is 11.8 Å². The van der Waals surface area contributed by atoms with Gasteiger partial charge in [0.1, 0.15) is 11.6 Å². The molecule has 0 fully saturated rings. The number of thioether (sulfide) groups is 1. The summed E-state index contributed by atoms with van der Waals surface area (Å²) in [5.74, 6) is 6.72. The molecule has 96 valence electrons. The molecule has 1 aromatic heterocycles. The minimum atomic E-state index is -0.406. The summed E-state index contributed by atoms with van der Waals surface area (Å²) in [4.78, 5) is 8.41. The van der Waals surface area contributed by atoms with Gasteiger partial charge in [0.25, 0.3) is 0 Å². The number of hydrogen-bond donors (Lipinski definition) is 4. The second-order valence-corrected chi connectivity index (χ2v) is 4.74. The Morgan fingerprint density at radius 2 is 2.06 bits per heavy atom. The number of hydrogen-bond acceptors (Lipinski definition) is 7. The number of nitrogens with zero attached hydrogens (tertiary/aromatic N) is 2. The Hall–Kier alpha value is -1.05. The van der Waals surface area contributed by atoms with Crippen molar-refractivity contribution < 1.29 is 5.11 Å². The van der Waals surface area contributed by atoms with E-state index in [1.807, 2.05) is 20.1 Å². The van der Waals surface area contributed by atoms with Crippen LogP contribution in [-0.4, -0.2) is 34.0 Å². The Morgan fingerprint density at radius 1 is 1.41 bits per heavy atom. The van der Waals surface area contributed by atoms with Gasteiger partial charge in [0.2, 0.25) is 0 Å². The molecule has 0 saturated carbocycles. The van der Waals surface area contributed by atoms with Crippen molar-refractivity contribution in [1.29, 1.82) is 0 Å². The topological polar surface area (TPSA) is 96.1 Å². The first kappa shape index (κ1) is 14.0. The summed E-state index contributed by atoms with van der Waals surface area (Å²) in [6.45, 7) is 4.38. The lowest BCUT2D eigenvalue weighted by molar-refractivity contribution is 0.138. The van der Waals surface area contributed by atoms with E-state index < -0.39 is 6.10 Å². The number of anilines is 2. The first-order chi connectivity index (χ1) is 8.06. The quantitative estimate of drug-likeness (QED) is 0.260. The number of aliphatic hydroxyl groups is 1. The number of nitrogens with two attached hydrogens (primary N) is 1. The van der Waals surface area contributed by atoms with Gasteiger partial charge in [-0.3, -0.25) is 0 Å². The first-order valence-electron chi connectivity index (χ1n) is 5.38. The maximum absolute atomic E-state index is 9.69. The number of hydrazine groups is 1. The molecular weight excluding hydrogens is 238 g/mol. The Morgan fingerprint density at radius 3 is 2.59 bits per heavy atom. The largest absolute Gasteiger partial charge is 0.391 e. The highest BCUT2D eigenvalue weighted by Gasteiger charge is 2.10. The van der Waals surface area contributed by atoms with Gasteiger partial charge in [-0.1, -0.05) is 25.6 Å². The van der Waals surface area contributed by atoms with E-state index in [9.17, 15) is 5.11 Å². The standard InChI is InChI=1S/C10H19N5OS/c1-6(2)7(16)5-12-8-4-9(15-11)14-10(13-8)17-3/h4,6-7,16H,5,11H2,1-3H3,(H2,12,13,14,15). The molecule has 0 aliphatic carbocycles. The second kappa shape index (κ2) is 6.63. The van der Waals surface area contributed by atoms with Gasteiger partial charge in [-0.25, -0.2) is 15.8 Å². The summed E-state index contributed by atoms with van der Waals surface area (Å²) < 4.78 is 0. The number of nitrogens with one attached hydrogen (secondary N) is 2. The van der Waals surface area contributed by atoms with Crippen molar-refractivity contribution >= 4 is 23.4 Å². The van der Waals surface area contributed by atoms with Crippen LogP contribution in [-0.2, 0) is 0 Å². The highest BCUT2D eigenvalue weighted by molar-refractivity contribution is 7.98. The van der Waals surface area contributed by atoms with Crippen molar-refractivity contribution in [2.45, 2.75) is 25.1 Å². The molecule has 1 rings (SSSR count). The summed E-state index contributed by atoms with van der Waals surface area (Å²) in [5, 5.41) is 13.4. The van der Waals surface area contributed by atoms with E-state index in [1.165, 1.54) is 11.8 Å². The third kappa shape index (κ3) is 4.37. The monoisotopic (exact) mass is 257 g/mol. The van der Waals surface area contributed by atoms with Crippen molar-refractivity contribution in [3.05, 3.63) is 6.07 Å². The molecule has 0 aliphatic rings. The van der Waals surface area contributed by atoms with Gasteiger partial charge in [-0.15, -0.1) is 0 Å². The Kier molecular flexibility index (Phi) is 5.46. The molecule has 0 saturated heterocycles. The zero-order chi connectivity index (χ0) is 12.8. The Balaban J connectivity index is 2.70. The van der Waals surface area contributed by atoms with E-state index in [-0.39, 0.29) is 5.92 Å². The van der Waals surface area contributed by atoms with E-state index in [2.05, 4.69) is 20.7 Å². The fourth-order valence-electron chi connectivity index (χ4n) is 1.13. The molecule has 1 unspecified atom stereocenters. The van der Waals surface area contributed by atoms with Crippen LogP contribution in [0.5, 0.6) is 0 Å². The molecule has 1 aromatic rings. The number of aromatic nitrogens is 2. The molecule has 0 spiro atoms. The van der Waals surface area contributed by atoms with Gasteiger partial charge >= 0.3 is 0 Å². The highest BCUT2D eigenvalue weighted by Crippen LogP contribution is 2.16. The molecule has 0 aliphatic heterocycles. The zero-order valence-electron chi connectivity index (χ0n) is 10.3. The number of rotatable bonds is 6. The fraction of sp³-hybridized carbons (Fsp3) is 0.600. The molecule has 1 heterocycles. The lowest BCUT2D eigenvalue weighted by atomic mass is 10.1. The smallest absolute Gasteiger partial charge is 0.191 e. The molecule has 6 nitrogen and oxygen atoms in total. The summed E-state index contributed by atoms with van der Waals surface area (Å²) in [6.07, 6.45) is 1.49. The average molecular weight is 257 g/mol. The SMILES string of the molecule is CSc1nc(NN)cc(NCC(O)C(C)C)n1. The Labute approximate surface area is 105 Å². The zero-order valence-corrected chi connectivity index (χ0v) is 11.1. The van der Waals surface area contributed by atoms with Crippen LogP contribution in [0.4, 0.5) is 11.6 Å². The summed E-state index contributed by atoms with van der Waals surface area (Å²) >= 11 is 1.43. The van der Waals surface area contributed by atoms with Gasteiger partial charge in [0, 0.05) is 12.6 Å². The normalized spacial score (nSPS) is 12.6. The maximum Gasteiger partial charge on any atom is 0.191 e. The summed E-state index contributed by atoms with van der Waals surface area (Å²) in [6, 6.07) is 1.70. The molecule has 5 N–H and O–H groups in total. The fourth-order valence-corrected chi connectivity index (χ4v) is 1.51. The van der Waals surface area contributed by atoms with Gasteiger partial charge in [0.05, 0.1) is 6.10 Å². The van der Waals surface area contributed by atoms with Crippen LogP contribution in [0.15, 0.2) is 11.2 Å². The van der Waals surface area contributed by atoms with Crippen LogP contribution in [0.3, 0.4) is 0 Å². The van der Waals surface area contributed by atoms with Crippen LogP contribution in [0.1, 0.15) is 13.8 Å². The highest BCUT2D eigenvalue weighted by atomic mass is 32.2. The van der Waals surface area contributed by atoms with Crippen molar-refractivity contribution in [1.82, 2.24) is 9.97 Å². The minimum absolute atomic E-state index is 0.205. The molecule has 17 heavy (non-hydrogen) atoms. The van der Waals surface area contributed by atoms with Crippen molar-refractivity contribution in [2.75, 3.05) is 23.5 Å². The molecule has 1 atom stereocenters. The number of nitrogen functional groups attached to an aromatic ring is 1. The van der Waals surface area contributed by atoms with E-state index in [0.717, 1.165) is 0 Å². The lowest BCUT2D eigenvalue weighted by Gasteiger charge is -2.16. The molecule has 7 heteroatoms. The summed E-state index contributed by atoms with van der Waals surface area (Å²) in [5.41, 5.74) is 2.49. The number of aliphatic hydroxyl groups excluding tert-OH is 1. The van der Waals surface area contributed by atoms with Crippen LogP contribution in [0.25, 0.3) is 0 Å². The van der Waals surface area contributed by atoms with Gasteiger partial charge in [-0.2, -0.15) is 0 Å². The first-order valence-corrected chi connectivity index (χ1v) is 6.61. The molecule has 0 radical (unpaired) electrons. The van der Waals surface area contributed by atoms with E-state index >= 15 is 0 Å². The third-order valence-electron chi connectivity index (χ3n) is 2.30. The molecular formula is C10H19N5OS. The minimum Gasteiger partial charge on any atom is -0.391 e. The summed E-state index contributed by atoms with van der Waals surface area (Å²) in [7, 11) is 0. The van der Waals surface area contributed by atoms with E-state index in [4.69, 9.17) is 5.84 Å². The van der Waals surface area contributed by atoms with Gasteiger partial charge < -0.3 is 15.8 Å². The average Bonchev–Trinajstić information content (AvgIpc) is 2.35. The van der Waals surface area contributed by atoms with Crippen LogP contribution in [0.2, 0.25) is 0 Å². The predicted octanol–water partition coefficient (Wildman–Crippen LogP) is 0.913. The van der Waals surface area contributed by atoms with E-state index in [1.54, 1.807) is 6.07 Å².